The Balaban J connectivity index is 2.75. The molecule has 0 bridgehead atoms. The zero-order chi connectivity index (χ0) is 15.0. The van der Waals surface area contributed by atoms with Crippen molar-refractivity contribution in [1.82, 2.24) is 5.32 Å². The summed E-state index contributed by atoms with van der Waals surface area (Å²) in [5, 5.41) is 20.2. The number of benzene rings is 1. The van der Waals surface area contributed by atoms with Crippen LogP contribution in [0.25, 0.3) is 0 Å². The molecule has 1 atom stereocenters. The van der Waals surface area contributed by atoms with Gasteiger partial charge in [0, 0.05) is 5.56 Å². The fourth-order valence-corrected chi connectivity index (χ4v) is 1.82. The van der Waals surface area contributed by atoms with E-state index in [9.17, 15) is 9.59 Å². The largest absolute Gasteiger partial charge is 0.480 e. The van der Waals surface area contributed by atoms with Crippen LogP contribution in [0.2, 0.25) is 0 Å². The van der Waals surface area contributed by atoms with Crippen molar-refractivity contribution in [2.45, 2.75) is 38.6 Å². The molecule has 1 aromatic carbocycles. The molecule has 20 heavy (non-hydrogen) atoms. The lowest BCUT2D eigenvalue weighted by Crippen LogP contribution is -2.40. The topological polar surface area (TPSA) is 90.2 Å². The van der Waals surface area contributed by atoms with E-state index in [2.05, 4.69) is 5.32 Å². The molecule has 2 N–H and O–H groups in total. The van der Waals surface area contributed by atoms with Crippen molar-refractivity contribution in [3.63, 3.8) is 0 Å². The molecule has 0 saturated heterocycles. The van der Waals surface area contributed by atoms with Crippen molar-refractivity contribution in [2.24, 2.45) is 0 Å². The highest BCUT2D eigenvalue weighted by molar-refractivity contribution is 5.96. The second-order valence-electron chi connectivity index (χ2n) is 4.54. The van der Waals surface area contributed by atoms with E-state index in [0.29, 0.717) is 12.0 Å². The number of carbonyl (C=O) groups excluding carboxylic acids is 1. The predicted octanol–water partition coefficient (Wildman–Crippen LogP) is 2.13. The van der Waals surface area contributed by atoms with E-state index >= 15 is 0 Å². The van der Waals surface area contributed by atoms with Crippen molar-refractivity contribution in [3.8, 4) is 6.07 Å². The second-order valence-corrected chi connectivity index (χ2v) is 4.54. The first-order valence-corrected chi connectivity index (χ1v) is 6.58. The summed E-state index contributed by atoms with van der Waals surface area (Å²) in [6.45, 7) is 1.96. The van der Waals surface area contributed by atoms with Gasteiger partial charge >= 0.3 is 5.97 Å². The highest BCUT2D eigenvalue weighted by Gasteiger charge is 2.19. The van der Waals surface area contributed by atoms with Crippen LogP contribution in [0.3, 0.4) is 0 Å². The van der Waals surface area contributed by atoms with Crippen LogP contribution in [0.4, 0.5) is 0 Å². The molecule has 0 heterocycles. The minimum Gasteiger partial charge on any atom is -0.480 e. The Kier molecular flexibility index (Phi) is 6.24. The lowest BCUT2D eigenvalue weighted by molar-refractivity contribution is -0.139. The maximum atomic E-state index is 12.0. The number of amides is 1. The normalized spacial score (nSPS) is 11.4. The maximum absolute atomic E-state index is 12.0. The summed E-state index contributed by atoms with van der Waals surface area (Å²) in [5.74, 6) is -1.45. The van der Waals surface area contributed by atoms with Gasteiger partial charge in [-0.3, -0.25) is 4.79 Å². The van der Waals surface area contributed by atoms with Gasteiger partial charge in [0.25, 0.3) is 5.91 Å². The molecular formula is C15H18N2O3. The number of aliphatic carboxylic acids is 1. The lowest BCUT2D eigenvalue weighted by Gasteiger charge is -2.14. The van der Waals surface area contributed by atoms with Crippen molar-refractivity contribution < 1.29 is 14.7 Å². The number of carboxylic acid groups (broad SMARTS) is 1. The van der Waals surface area contributed by atoms with E-state index < -0.39 is 17.9 Å². The van der Waals surface area contributed by atoms with Crippen molar-refractivity contribution >= 4 is 11.9 Å². The number of nitriles is 1. The Morgan fingerprint density at radius 3 is 2.80 bits per heavy atom. The van der Waals surface area contributed by atoms with Crippen LogP contribution in [-0.2, 0) is 11.2 Å². The number of nitrogens with zero attached hydrogens (tertiary/aromatic N) is 1. The van der Waals surface area contributed by atoms with E-state index in [0.717, 1.165) is 18.4 Å². The smallest absolute Gasteiger partial charge is 0.326 e. The molecule has 0 radical (unpaired) electrons. The van der Waals surface area contributed by atoms with Gasteiger partial charge in [0.15, 0.2) is 0 Å². The molecule has 1 amide bonds. The zero-order valence-corrected chi connectivity index (χ0v) is 11.4. The molecule has 1 aromatic rings. The fraction of sp³-hybridized carbons (Fsp3) is 0.400. The van der Waals surface area contributed by atoms with Crippen molar-refractivity contribution in [1.29, 1.82) is 5.26 Å². The van der Waals surface area contributed by atoms with Crippen LogP contribution in [0.1, 0.15) is 42.1 Å². The summed E-state index contributed by atoms with van der Waals surface area (Å²) in [4.78, 5) is 23.1. The lowest BCUT2D eigenvalue weighted by atomic mass is 10.1. The van der Waals surface area contributed by atoms with Gasteiger partial charge in [-0.05, 0) is 24.1 Å². The van der Waals surface area contributed by atoms with Crippen LogP contribution in [0.5, 0.6) is 0 Å². The molecule has 5 nitrogen and oxygen atoms in total. The summed E-state index contributed by atoms with van der Waals surface area (Å²) >= 11 is 0. The van der Waals surface area contributed by atoms with Gasteiger partial charge in [-0.2, -0.15) is 5.26 Å². The van der Waals surface area contributed by atoms with Gasteiger partial charge < -0.3 is 10.4 Å². The first kappa shape index (κ1) is 15.7. The number of nitrogens with one attached hydrogen (secondary N) is 1. The average Bonchev–Trinajstić information content (AvgIpc) is 2.43. The van der Waals surface area contributed by atoms with Gasteiger partial charge in [0.1, 0.15) is 6.04 Å². The minimum atomic E-state index is -1.03. The molecule has 106 valence electrons. The van der Waals surface area contributed by atoms with Crippen LogP contribution < -0.4 is 5.32 Å². The molecule has 0 aliphatic heterocycles. The number of hydrogen-bond donors (Lipinski definition) is 2. The summed E-state index contributed by atoms with van der Waals surface area (Å²) in [5.41, 5.74) is 1.11. The first-order chi connectivity index (χ1) is 9.58. The third-order valence-corrected chi connectivity index (χ3v) is 2.92. The number of carboxylic acids is 1. The highest BCUT2D eigenvalue weighted by Crippen LogP contribution is 2.08. The molecular weight excluding hydrogens is 256 g/mol. The zero-order valence-electron chi connectivity index (χ0n) is 11.4. The van der Waals surface area contributed by atoms with Crippen LogP contribution in [0.15, 0.2) is 24.3 Å². The molecule has 0 saturated carbocycles. The quantitative estimate of drug-likeness (QED) is 0.797. The van der Waals surface area contributed by atoms with Gasteiger partial charge in [0.05, 0.1) is 12.5 Å². The molecule has 0 aromatic heterocycles. The molecule has 0 aliphatic carbocycles. The predicted molar refractivity (Wildman–Crippen MR) is 74.2 cm³/mol. The first-order valence-electron chi connectivity index (χ1n) is 6.58. The van der Waals surface area contributed by atoms with E-state index in [1.165, 1.54) is 0 Å². The summed E-state index contributed by atoms with van der Waals surface area (Å²) in [6.07, 6.45) is 2.25. The fourth-order valence-electron chi connectivity index (χ4n) is 1.82. The van der Waals surface area contributed by atoms with Gasteiger partial charge in [-0.25, -0.2) is 4.79 Å². The molecule has 0 unspecified atom stereocenters. The van der Waals surface area contributed by atoms with Crippen LogP contribution in [-0.4, -0.2) is 23.0 Å². The molecule has 0 spiro atoms. The Morgan fingerprint density at radius 2 is 2.20 bits per heavy atom. The maximum Gasteiger partial charge on any atom is 0.326 e. The standard InChI is InChI=1S/C15H18N2O3/c1-2-3-7-13(15(19)20)17-14(18)12-6-4-5-11(10-12)8-9-16/h4-6,10,13H,2-3,7-8H2,1H3,(H,17,18)(H,19,20)/t13-/m0/s1. The number of unbranched alkanes of at least 4 members (excludes halogenated alkanes) is 1. The SMILES string of the molecule is CCCC[C@H](NC(=O)c1cccc(CC#N)c1)C(=O)O. The molecule has 0 aliphatic rings. The Hall–Kier alpha value is -2.35. The van der Waals surface area contributed by atoms with Gasteiger partial charge in [-0.1, -0.05) is 31.9 Å². The minimum absolute atomic E-state index is 0.222. The van der Waals surface area contributed by atoms with Crippen LogP contribution in [0, 0.1) is 11.3 Å². The monoisotopic (exact) mass is 274 g/mol. The second kappa shape index (κ2) is 7.95. The van der Waals surface area contributed by atoms with Crippen molar-refractivity contribution in [3.05, 3.63) is 35.4 Å². The third-order valence-electron chi connectivity index (χ3n) is 2.92. The Morgan fingerprint density at radius 1 is 1.45 bits per heavy atom. The summed E-state index contributed by atoms with van der Waals surface area (Å²) in [7, 11) is 0. The van der Waals surface area contributed by atoms with Gasteiger partial charge in [-0.15, -0.1) is 0 Å². The number of carbonyl (C=O) groups is 2. The van der Waals surface area contributed by atoms with E-state index in [1.807, 2.05) is 13.0 Å². The Bertz CT molecular complexity index is 520. The highest BCUT2D eigenvalue weighted by atomic mass is 16.4. The third kappa shape index (κ3) is 4.73. The molecule has 5 heteroatoms. The number of hydrogen-bond acceptors (Lipinski definition) is 3. The van der Waals surface area contributed by atoms with E-state index in [4.69, 9.17) is 10.4 Å². The average molecular weight is 274 g/mol. The summed E-state index contributed by atoms with van der Waals surface area (Å²) in [6, 6.07) is 7.79. The van der Waals surface area contributed by atoms with Gasteiger partial charge in [0.2, 0.25) is 0 Å². The molecule has 1 rings (SSSR count). The molecule has 0 fully saturated rings. The Labute approximate surface area is 118 Å². The van der Waals surface area contributed by atoms with E-state index in [1.54, 1.807) is 24.3 Å². The van der Waals surface area contributed by atoms with E-state index in [-0.39, 0.29) is 6.42 Å². The number of rotatable bonds is 7. The van der Waals surface area contributed by atoms with Crippen molar-refractivity contribution in [2.75, 3.05) is 0 Å². The van der Waals surface area contributed by atoms with Crippen LogP contribution >= 0.6 is 0 Å². The summed E-state index contributed by atoms with van der Waals surface area (Å²) < 4.78 is 0.